The van der Waals surface area contributed by atoms with Crippen LogP contribution in [0.5, 0.6) is 0 Å². The van der Waals surface area contributed by atoms with Crippen LogP contribution in [0.2, 0.25) is 0 Å². The maximum absolute atomic E-state index is 4.90. The van der Waals surface area contributed by atoms with Gasteiger partial charge in [0.05, 0.1) is 0 Å². The van der Waals surface area contributed by atoms with Crippen molar-refractivity contribution in [3.8, 4) is 0 Å². The molecule has 0 aliphatic carbocycles. The summed E-state index contributed by atoms with van der Waals surface area (Å²) in [5, 5.41) is 0. The standard InChI is InChI=1S/2C12H26S.2CH4.Sn/c2*1-2-3-4-5-6-7-8-9-10-11-12-13;;;/h2*13H,2-12H2,1H3;2*1H4;/q;;;;+2/p-2. The van der Waals surface area contributed by atoms with Gasteiger partial charge in [0.2, 0.25) is 0 Å². The molecular weight excluding hydrogens is 495 g/mol. The predicted octanol–water partition coefficient (Wildman–Crippen LogP) is 9.80. The Bertz CT molecular complexity index is 171. The topological polar surface area (TPSA) is 0 Å². The molecule has 0 heterocycles. The third kappa shape index (κ3) is 48.3. The first-order chi connectivity index (χ1) is 12.8. The molecule has 0 atom stereocenters. The Morgan fingerprint density at radius 1 is 0.345 bits per heavy atom. The summed E-state index contributed by atoms with van der Waals surface area (Å²) in [7, 11) is 0. The molecule has 0 amide bonds. The largest absolute Gasteiger partial charge is 2.00 e. The normalized spacial score (nSPS) is 9.52. The van der Waals surface area contributed by atoms with E-state index in [4.69, 9.17) is 25.3 Å². The molecular formula is C26H58S2Sn. The molecule has 0 aliphatic rings. The van der Waals surface area contributed by atoms with Crippen molar-refractivity contribution < 1.29 is 0 Å². The van der Waals surface area contributed by atoms with Crippen LogP contribution < -0.4 is 0 Å². The fourth-order valence-electron chi connectivity index (χ4n) is 3.18. The number of hydrogen-bond donors (Lipinski definition) is 0. The zero-order chi connectivity index (χ0) is 19.6. The van der Waals surface area contributed by atoms with Gasteiger partial charge in [-0.1, -0.05) is 157 Å². The summed E-state index contributed by atoms with van der Waals surface area (Å²) in [6.45, 7) is 4.55. The molecule has 0 saturated carbocycles. The van der Waals surface area contributed by atoms with Crippen LogP contribution in [0, 0.1) is 0 Å². The molecule has 0 bridgehead atoms. The maximum atomic E-state index is 4.90. The van der Waals surface area contributed by atoms with Crippen molar-refractivity contribution >= 4 is 49.2 Å². The number of unbranched alkanes of at least 4 members (excludes halogenated alkanes) is 18. The monoisotopic (exact) mass is 554 g/mol. The first-order valence-electron chi connectivity index (χ1n) is 12.0. The van der Waals surface area contributed by atoms with Crippen molar-refractivity contribution in [1.29, 1.82) is 0 Å². The molecule has 3 heteroatoms. The third-order valence-corrected chi connectivity index (χ3v) is 5.57. The Kier molecular flexibility index (Phi) is 61.1. The van der Waals surface area contributed by atoms with Crippen LogP contribution in [0.25, 0.3) is 0 Å². The molecule has 0 rings (SSSR count). The minimum atomic E-state index is 0. The summed E-state index contributed by atoms with van der Waals surface area (Å²) in [6, 6.07) is 0. The molecule has 0 aromatic rings. The van der Waals surface area contributed by atoms with Crippen molar-refractivity contribution in [2.45, 2.75) is 157 Å². The molecule has 0 N–H and O–H groups in total. The summed E-state index contributed by atoms with van der Waals surface area (Å²) < 4.78 is 0. The SMILES string of the molecule is C.C.CCCCCCCCCCCC[S-].CCCCCCCCCCCC[S-].[Sn+2]. The van der Waals surface area contributed by atoms with Crippen molar-refractivity contribution in [3.05, 3.63) is 0 Å². The summed E-state index contributed by atoms with van der Waals surface area (Å²) in [5.41, 5.74) is 0. The molecule has 178 valence electrons. The Morgan fingerprint density at radius 3 is 0.690 bits per heavy atom. The van der Waals surface area contributed by atoms with Gasteiger partial charge in [-0.2, -0.15) is 11.5 Å². The zero-order valence-electron chi connectivity index (χ0n) is 18.9. The van der Waals surface area contributed by atoms with Crippen LogP contribution in [0.3, 0.4) is 0 Å². The van der Waals surface area contributed by atoms with Gasteiger partial charge in [0.25, 0.3) is 0 Å². The Balaban J connectivity index is -0.000000120. The van der Waals surface area contributed by atoms with Crippen LogP contribution in [0.4, 0.5) is 0 Å². The van der Waals surface area contributed by atoms with Gasteiger partial charge in [-0.3, -0.25) is 0 Å². The van der Waals surface area contributed by atoms with Crippen LogP contribution in [-0.4, -0.2) is 35.4 Å². The fourth-order valence-corrected chi connectivity index (χ4v) is 3.59. The van der Waals surface area contributed by atoms with E-state index in [9.17, 15) is 0 Å². The van der Waals surface area contributed by atoms with E-state index in [1.165, 1.54) is 128 Å². The summed E-state index contributed by atoms with van der Waals surface area (Å²) in [6.07, 6.45) is 28.1. The Labute approximate surface area is 216 Å². The van der Waals surface area contributed by atoms with Gasteiger partial charge in [-0.05, 0) is 0 Å². The second-order valence-corrected chi connectivity index (χ2v) is 8.59. The molecule has 0 spiro atoms. The predicted molar refractivity (Wildman–Crippen MR) is 147 cm³/mol. The van der Waals surface area contributed by atoms with Crippen molar-refractivity contribution in [2.24, 2.45) is 0 Å². The van der Waals surface area contributed by atoms with Gasteiger partial charge >= 0.3 is 23.9 Å². The van der Waals surface area contributed by atoms with Gasteiger partial charge < -0.3 is 25.3 Å². The van der Waals surface area contributed by atoms with Crippen molar-refractivity contribution in [1.82, 2.24) is 0 Å². The molecule has 0 saturated heterocycles. The van der Waals surface area contributed by atoms with E-state index in [2.05, 4.69) is 13.8 Å². The minimum absolute atomic E-state index is 0. The van der Waals surface area contributed by atoms with Crippen molar-refractivity contribution in [2.75, 3.05) is 11.5 Å². The summed E-state index contributed by atoms with van der Waals surface area (Å²) in [4.78, 5) is 0. The van der Waals surface area contributed by atoms with Crippen LogP contribution in [0.1, 0.15) is 157 Å². The smallest absolute Gasteiger partial charge is 0.793 e. The van der Waals surface area contributed by atoms with Gasteiger partial charge in [0, 0.05) is 0 Å². The van der Waals surface area contributed by atoms with E-state index >= 15 is 0 Å². The van der Waals surface area contributed by atoms with E-state index in [0.29, 0.717) is 0 Å². The van der Waals surface area contributed by atoms with Gasteiger partial charge in [-0.15, -0.1) is 0 Å². The summed E-state index contributed by atoms with van der Waals surface area (Å²) >= 11 is 9.80. The molecule has 0 aromatic carbocycles. The van der Waals surface area contributed by atoms with E-state index in [-0.39, 0.29) is 38.8 Å². The first-order valence-corrected chi connectivity index (χ1v) is 13.1. The van der Waals surface area contributed by atoms with Crippen LogP contribution in [0.15, 0.2) is 0 Å². The van der Waals surface area contributed by atoms with E-state index in [1.54, 1.807) is 0 Å². The quantitative estimate of drug-likeness (QED) is 0.0836. The number of hydrogen-bond acceptors (Lipinski definition) is 2. The molecule has 0 fully saturated rings. The number of rotatable bonds is 20. The van der Waals surface area contributed by atoms with Gasteiger partial charge in [-0.25, -0.2) is 0 Å². The molecule has 0 unspecified atom stereocenters. The Morgan fingerprint density at radius 2 is 0.517 bits per heavy atom. The van der Waals surface area contributed by atoms with E-state index < -0.39 is 0 Å². The Hall–Kier alpha value is 1.50. The average Bonchev–Trinajstić information content (AvgIpc) is 2.66. The molecule has 2 radical (unpaired) electrons. The fraction of sp³-hybridized carbons (Fsp3) is 1.00. The van der Waals surface area contributed by atoms with Crippen molar-refractivity contribution in [3.63, 3.8) is 0 Å². The van der Waals surface area contributed by atoms with Crippen LogP contribution in [-0.2, 0) is 25.3 Å². The molecule has 0 aliphatic heterocycles. The molecule has 29 heavy (non-hydrogen) atoms. The maximum Gasteiger partial charge on any atom is 2.00 e. The molecule has 0 aromatic heterocycles. The third-order valence-electron chi connectivity index (χ3n) is 5.00. The zero-order valence-corrected chi connectivity index (χ0v) is 23.4. The second kappa shape index (κ2) is 43.4. The summed E-state index contributed by atoms with van der Waals surface area (Å²) in [5.74, 6) is 1.91. The van der Waals surface area contributed by atoms with Gasteiger partial charge in [0.1, 0.15) is 0 Å². The first kappa shape index (κ1) is 40.8. The van der Waals surface area contributed by atoms with Crippen LogP contribution >= 0.6 is 0 Å². The minimum Gasteiger partial charge on any atom is -0.793 e. The van der Waals surface area contributed by atoms with Gasteiger partial charge in [0.15, 0.2) is 0 Å². The molecule has 0 nitrogen and oxygen atoms in total. The second-order valence-electron chi connectivity index (χ2n) is 7.77. The average molecular weight is 554 g/mol. The van der Waals surface area contributed by atoms with E-state index in [0.717, 1.165) is 11.5 Å². The van der Waals surface area contributed by atoms with E-state index in [1.807, 2.05) is 0 Å².